The number of rotatable bonds is 13. The number of pyridine rings is 1. The fourth-order valence-electron chi connectivity index (χ4n) is 6.42. The lowest BCUT2D eigenvalue weighted by molar-refractivity contribution is -0.131. The number of nitrogens with one attached hydrogen (secondary N) is 3. The Morgan fingerprint density at radius 2 is 1.57 bits per heavy atom. The molecular formula is C40H48N6O5. The molecule has 4 aromatic rings. The Labute approximate surface area is 299 Å². The van der Waals surface area contributed by atoms with E-state index in [1.54, 1.807) is 17.4 Å². The molecule has 11 nitrogen and oxygen atoms in total. The number of ether oxygens (including phenoxy) is 1. The molecule has 3 aromatic carbocycles. The van der Waals surface area contributed by atoms with Gasteiger partial charge in [0.15, 0.2) is 0 Å². The van der Waals surface area contributed by atoms with Crippen molar-refractivity contribution < 1.29 is 24.2 Å². The maximum absolute atomic E-state index is 14.2. The Balaban J connectivity index is 1.41. The molecule has 268 valence electrons. The van der Waals surface area contributed by atoms with Crippen molar-refractivity contribution in [3.05, 3.63) is 126 Å². The van der Waals surface area contributed by atoms with Gasteiger partial charge in [0.25, 0.3) is 5.91 Å². The number of aliphatic hydroxyl groups excluding tert-OH is 1. The zero-order valence-corrected chi connectivity index (χ0v) is 29.6. The van der Waals surface area contributed by atoms with Crippen molar-refractivity contribution in [2.24, 2.45) is 11.1 Å². The third-order valence-electron chi connectivity index (χ3n) is 9.32. The predicted molar refractivity (Wildman–Crippen MR) is 196 cm³/mol. The Morgan fingerprint density at radius 1 is 0.922 bits per heavy atom. The molecule has 1 aliphatic carbocycles. The zero-order chi connectivity index (χ0) is 36.6. The van der Waals surface area contributed by atoms with Crippen LogP contribution in [0.5, 0.6) is 0 Å². The minimum atomic E-state index is -1.42. The van der Waals surface area contributed by atoms with Gasteiger partial charge >= 0.3 is 6.09 Å². The number of nitrogens with zero attached hydrogens (tertiary/aromatic N) is 2. The molecule has 1 aliphatic rings. The van der Waals surface area contributed by atoms with Crippen molar-refractivity contribution in [1.82, 2.24) is 26.1 Å². The molecule has 51 heavy (non-hydrogen) atoms. The average Bonchev–Trinajstić information content (AvgIpc) is 3.44. The van der Waals surface area contributed by atoms with E-state index in [-0.39, 0.29) is 25.9 Å². The topological polar surface area (TPSA) is 159 Å². The molecule has 0 radical (unpaired) electrons. The summed E-state index contributed by atoms with van der Waals surface area (Å²) in [7, 11) is 1.25. The van der Waals surface area contributed by atoms with E-state index in [0.717, 1.165) is 33.4 Å². The van der Waals surface area contributed by atoms with Gasteiger partial charge in [-0.3, -0.25) is 20.0 Å². The molecule has 6 N–H and O–H groups in total. The summed E-state index contributed by atoms with van der Waals surface area (Å²) in [6.07, 6.45) is 2.79. The predicted octanol–water partition coefficient (Wildman–Crippen LogP) is 4.46. The van der Waals surface area contributed by atoms with Crippen LogP contribution in [-0.2, 0) is 33.7 Å². The molecule has 0 fully saturated rings. The van der Waals surface area contributed by atoms with E-state index < -0.39 is 47.0 Å². The molecule has 3 amide bonds. The van der Waals surface area contributed by atoms with Crippen LogP contribution < -0.4 is 21.8 Å². The molecule has 0 aliphatic heterocycles. The van der Waals surface area contributed by atoms with Crippen LogP contribution in [0.4, 0.5) is 4.79 Å². The van der Waals surface area contributed by atoms with Crippen LogP contribution in [-0.4, -0.2) is 64.3 Å². The Kier molecular flexibility index (Phi) is 11.9. The van der Waals surface area contributed by atoms with Crippen molar-refractivity contribution in [3.63, 3.8) is 0 Å². The number of nitrogens with two attached hydrogens (primary N) is 1. The molecular weight excluding hydrogens is 644 g/mol. The summed E-state index contributed by atoms with van der Waals surface area (Å²) in [5.74, 6) is -0.845. The quantitative estimate of drug-likeness (QED) is 0.129. The van der Waals surface area contributed by atoms with Crippen molar-refractivity contribution in [1.29, 1.82) is 0 Å². The van der Waals surface area contributed by atoms with E-state index in [9.17, 15) is 19.5 Å². The molecule has 11 heteroatoms. The van der Waals surface area contributed by atoms with Gasteiger partial charge in [-0.25, -0.2) is 9.80 Å². The summed E-state index contributed by atoms with van der Waals surface area (Å²) >= 11 is 0. The number of methoxy groups -OCH3 is 1. The van der Waals surface area contributed by atoms with E-state index in [1.165, 1.54) is 7.11 Å². The summed E-state index contributed by atoms with van der Waals surface area (Å²) in [6, 6.07) is 27.5. The number of carbonyl (C=O) groups excluding carboxylic acids is 3. The first-order valence-electron chi connectivity index (χ1n) is 17.2. The number of amides is 3. The molecule has 1 heterocycles. The van der Waals surface area contributed by atoms with Gasteiger partial charge in [0, 0.05) is 31.9 Å². The summed E-state index contributed by atoms with van der Waals surface area (Å²) in [6.45, 7) is 6.02. The van der Waals surface area contributed by atoms with Crippen molar-refractivity contribution in [3.8, 4) is 11.1 Å². The molecule has 1 aromatic heterocycles. The normalized spacial score (nSPS) is 17.2. The summed E-state index contributed by atoms with van der Waals surface area (Å²) in [5.41, 5.74) is 13.7. The first-order chi connectivity index (χ1) is 24.4. The fraction of sp³-hybridized carbons (Fsp3) is 0.350. The Hall–Kier alpha value is -5.10. The Morgan fingerprint density at radius 3 is 2.24 bits per heavy atom. The zero-order valence-electron chi connectivity index (χ0n) is 29.6. The second kappa shape index (κ2) is 16.3. The van der Waals surface area contributed by atoms with Gasteiger partial charge in [-0.1, -0.05) is 99.6 Å². The van der Waals surface area contributed by atoms with Crippen LogP contribution in [0.3, 0.4) is 0 Å². The van der Waals surface area contributed by atoms with Gasteiger partial charge in [-0.05, 0) is 63.8 Å². The lowest BCUT2D eigenvalue weighted by Crippen LogP contribution is -2.60. The van der Waals surface area contributed by atoms with Gasteiger partial charge in [-0.2, -0.15) is 0 Å². The lowest BCUT2D eigenvalue weighted by atomic mass is 9.86. The minimum Gasteiger partial charge on any atom is -0.453 e. The molecule has 4 atom stereocenters. The smallest absolute Gasteiger partial charge is 0.407 e. The highest BCUT2D eigenvalue weighted by molar-refractivity contribution is 5.87. The van der Waals surface area contributed by atoms with E-state index in [2.05, 4.69) is 21.0 Å². The van der Waals surface area contributed by atoms with Gasteiger partial charge in [0.2, 0.25) is 5.91 Å². The van der Waals surface area contributed by atoms with Crippen LogP contribution in [0.2, 0.25) is 0 Å². The van der Waals surface area contributed by atoms with E-state index in [1.807, 2.05) is 112 Å². The number of alkyl carbamates (subject to hydrolysis) is 1. The van der Waals surface area contributed by atoms with Crippen LogP contribution in [0.25, 0.3) is 11.1 Å². The molecule has 0 saturated carbocycles. The summed E-state index contributed by atoms with van der Waals surface area (Å²) in [4.78, 5) is 44.4. The number of hydrogen-bond acceptors (Lipinski definition) is 8. The van der Waals surface area contributed by atoms with Gasteiger partial charge in [0.05, 0.1) is 19.3 Å². The van der Waals surface area contributed by atoms with Gasteiger partial charge < -0.3 is 26.2 Å². The fourth-order valence-corrected chi connectivity index (χ4v) is 6.42. The first-order valence-corrected chi connectivity index (χ1v) is 17.2. The largest absolute Gasteiger partial charge is 0.453 e. The van der Waals surface area contributed by atoms with Crippen LogP contribution in [0.1, 0.15) is 55.5 Å². The number of carbonyl (C=O) groups is 3. The number of hydrogen-bond donors (Lipinski definition) is 5. The minimum absolute atomic E-state index is 0.151. The molecule has 0 bridgehead atoms. The highest BCUT2D eigenvalue weighted by atomic mass is 16.5. The lowest BCUT2D eigenvalue weighted by Gasteiger charge is -2.35. The van der Waals surface area contributed by atoms with E-state index in [4.69, 9.17) is 10.5 Å². The summed E-state index contributed by atoms with van der Waals surface area (Å²) in [5, 5.41) is 18.4. The number of aliphatic hydroxyl groups is 1. The Bertz CT molecular complexity index is 1780. The first kappa shape index (κ1) is 37.2. The third-order valence-corrected chi connectivity index (χ3v) is 9.32. The van der Waals surface area contributed by atoms with Crippen LogP contribution in [0, 0.1) is 5.41 Å². The standard InChI is InChI=1S/C40H48N6O5/c1-39(2,3)35(44-38(50)51-4)36(48)45-46(26-28-14-16-29(17-15-28)30-18-21-42-22-19-30)23-20-40(41,25-27-10-6-5-7-11-27)37(49)43-34-32-13-9-8-12-31(32)24-33(34)47/h5-19,21-22,33-35,47H,20,23-26,41H2,1-4H3,(H,43,49)(H,44,50)(H,45,48)/t33?,34?,35-,40?/m1/s1. The maximum Gasteiger partial charge on any atom is 0.407 e. The molecule has 0 spiro atoms. The highest BCUT2D eigenvalue weighted by Crippen LogP contribution is 2.32. The molecule has 0 saturated heterocycles. The van der Waals surface area contributed by atoms with E-state index >= 15 is 0 Å². The number of hydrazine groups is 1. The third kappa shape index (κ3) is 9.57. The van der Waals surface area contributed by atoms with Crippen molar-refractivity contribution in [2.75, 3.05) is 13.7 Å². The number of benzene rings is 3. The molecule has 3 unspecified atom stereocenters. The van der Waals surface area contributed by atoms with Gasteiger partial charge in [-0.15, -0.1) is 0 Å². The van der Waals surface area contributed by atoms with Crippen LogP contribution in [0.15, 0.2) is 103 Å². The van der Waals surface area contributed by atoms with Gasteiger partial charge in [0.1, 0.15) is 11.6 Å². The van der Waals surface area contributed by atoms with Crippen molar-refractivity contribution >= 4 is 17.9 Å². The van der Waals surface area contributed by atoms with Crippen LogP contribution >= 0.6 is 0 Å². The average molecular weight is 693 g/mol. The maximum atomic E-state index is 14.2. The number of aromatic nitrogens is 1. The van der Waals surface area contributed by atoms with Crippen molar-refractivity contribution in [2.45, 2.75) is 70.3 Å². The monoisotopic (exact) mass is 692 g/mol. The second-order valence-electron chi connectivity index (χ2n) is 14.3. The highest BCUT2D eigenvalue weighted by Gasteiger charge is 2.40. The second-order valence-corrected chi connectivity index (χ2v) is 14.3. The SMILES string of the molecule is COC(=O)N[C@H](C(=O)NN(CCC(N)(Cc1ccccc1)C(=O)NC1c2ccccc2CC1O)Cc1ccc(-c2ccncc2)cc1)C(C)(C)C. The summed E-state index contributed by atoms with van der Waals surface area (Å²) < 4.78 is 4.81. The van der Waals surface area contributed by atoms with E-state index in [0.29, 0.717) is 6.42 Å². The molecule has 5 rings (SSSR count). The number of fused-ring (bicyclic) bond motifs is 1.